The molecule has 1 N–H and O–H groups in total. The summed E-state index contributed by atoms with van der Waals surface area (Å²) in [5, 5.41) is 3.11. The van der Waals surface area contributed by atoms with E-state index in [1.165, 1.54) is 11.3 Å². The van der Waals surface area contributed by atoms with Crippen molar-refractivity contribution in [3.63, 3.8) is 0 Å². The summed E-state index contributed by atoms with van der Waals surface area (Å²) in [4.78, 5) is 18.1. The van der Waals surface area contributed by atoms with Crippen molar-refractivity contribution in [1.29, 1.82) is 0 Å². The molecule has 0 bridgehead atoms. The predicted molar refractivity (Wildman–Crippen MR) is 106 cm³/mol. The minimum atomic E-state index is -0.359. The van der Waals surface area contributed by atoms with Gasteiger partial charge in [-0.3, -0.25) is 4.79 Å². The van der Waals surface area contributed by atoms with Crippen molar-refractivity contribution < 1.29 is 4.79 Å². The maximum Gasteiger partial charge on any atom is 0.262 e. The molecular weight excluding hydrogens is 366 g/mol. The first-order chi connectivity index (χ1) is 12.6. The minimum Gasteiger partial charge on any atom is -0.337 e. The van der Waals surface area contributed by atoms with Crippen LogP contribution < -0.4 is 5.32 Å². The van der Waals surface area contributed by atoms with Crippen LogP contribution in [0.4, 0.5) is 0 Å². The second-order valence-corrected chi connectivity index (χ2v) is 7.65. The number of aromatic nitrogens is 2. The van der Waals surface area contributed by atoms with E-state index in [1.807, 2.05) is 66.2 Å². The molecule has 1 atom stereocenters. The second-order valence-electron chi connectivity index (χ2n) is 5.94. The van der Waals surface area contributed by atoms with Crippen LogP contribution in [0.5, 0.6) is 0 Å². The number of aryl methyl sites for hydroxylation is 1. The van der Waals surface area contributed by atoms with Gasteiger partial charge < -0.3 is 9.88 Å². The molecule has 0 spiro atoms. The molecule has 4 rings (SSSR count). The van der Waals surface area contributed by atoms with E-state index in [2.05, 4.69) is 5.32 Å². The standard InChI is InChI=1S/C20H16ClN3OS/c1-24-15-10-6-5-9-14(15)22-19(24)18(13-7-3-2-4-8-13)23-20(25)16-11-12-17(21)26-16/h2-12,18H,1H3,(H,23,25). The highest BCUT2D eigenvalue weighted by Gasteiger charge is 2.23. The van der Waals surface area contributed by atoms with Crippen LogP contribution >= 0.6 is 22.9 Å². The molecule has 4 nitrogen and oxygen atoms in total. The maximum absolute atomic E-state index is 12.7. The normalized spacial score (nSPS) is 12.2. The molecule has 26 heavy (non-hydrogen) atoms. The number of nitrogens with zero attached hydrogens (tertiary/aromatic N) is 2. The first-order valence-electron chi connectivity index (χ1n) is 8.16. The monoisotopic (exact) mass is 381 g/mol. The van der Waals surface area contributed by atoms with Crippen molar-refractivity contribution in [2.75, 3.05) is 0 Å². The van der Waals surface area contributed by atoms with Gasteiger partial charge in [0.15, 0.2) is 0 Å². The van der Waals surface area contributed by atoms with Gasteiger partial charge >= 0.3 is 0 Å². The molecule has 0 aliphatic heterocycles. The molecule has 0 saturated carbocycles. The van der Waals surface area contributed by atoms with Crippen molar-refractivity contribution in [3.8, 4) is 0 Å². The molecule has 0 aliphatic rings. The summed E-state index contributed by atoms with van der Waals surface area (Å²) in [6.07, 6.45) is 0. The van der Waals surface area contributed by atoms with Crippen LogP contribution in [0, 0.1) is 0 Å². The van der Waals surface area contributed by atoms with Gasteiger partial charge in [-0.25, -0.2) is 4.98 Å². The fraction of sp³-hybridized carbons (Fsp3) is 0.100. The third-order valence-corrected chi connectivity index (χ3v) is 5.52. The lowest BCUT2D eigenvalue weighted by atomic mass is 10.1. The summed E-state index contributed by atoms with van der Waals surface area (Å²) in [6, 6.07) is 20.9. The number of hydrogen-bond acceptors (Lipinski definition) is 3. The summed E-state index contributed by atoms with van der Waals surface area (Å²) in [7, 11) is 1.97. The Balaban J connectivity index is 1.78. The molecule has 4 aromatic rings. The Labute approximate surface area is 160 Å². The number of para-hydroxylation sites is 2. The number of fused-ring (bicyclic) bond motifs is 1. The summed E-state index contributed by atoms with van der Waals surface area (Å²) in [5.74, 6) is 0.621. The van der Waals surface area contributed by atoms with Gasteiger partial charge in [0.2, 0.25) is 0 Å². The van der Waals surface area contributed by atoms with Crippen molar-refractivity contribution in [3.05, 3.63) is 87.3 Å². The number of amides is 1. The van der Waals surface area contributed by atoms with E-state index in [-0.39, 0.29) is 11.9 Å². The summed E-state index contributed by atoms with van der Waals surface area (Å²) >= 11 is 7.24. The SMILES string of the molecule is Cn1c(C(NC(=O)c2ccc(Cl)s2)c2ccccc2)nc2ccccc21. The number of benzene rings is 2. The zero-order chi connectivity index (χ0) is 18.1. The topological polar surface area (TPSA) is 46.9 Å². The van der Waals surface area contributed by atoms with Crippen LogP contribution in [-0.2, 0) is 7.05 Å². The fourth-order valence-electron chi connectivity index (χ4n) is 3.00. The van der Waals surface area contributed by atoms with Gasteiger partial charge in [0.05, 0.1) is 20.2 Å². The van der Waals surface area contributed by atoms with Crippen LogP contribution in [-0.4, -0.2) is 15.5 Å². The average Bonchev–Trinajstić information content (AvgIpc) is 3.24. The molecular formula is C20H16ClN3OS. The Hall–Kier alpha value is -2.63. The van der Waals surface area contributed by atoms with Gasteiger partial charge in [-0.2, -0.15) is 0 Å². The lowest BCUT2D eigenvalue weighted by Gasteiger charge is -2.19. The number of thiophene rings is 1. The molecule has 2 aromatic heterocycles. The zero-order valence-electron chi connectivity index (χ0n) is 14.0. The van der Waals surface area contributed by atoms with E-state index < -0.39 is 0 Å². The summed E-state index contributed by atoms with van der Waals surface area (Å²) in [5.41, 5.74) is 2.90. The number of carbonyl (C=O) groups is 1. The average molecular weight is 382 g/mol. The van der Waals surface area contributed by atoms with E-state index in [4.69, 9.17) is 16.6 Å². The van der Waals surface area contributed by atoms with Crippen molar-refractivity contribution >= 4 is 39.9 Å². The second kappa shape index (κ2) is 6.94. The van der Waals surface area contributed by atoms with Crippen LogP contribution in [0.3, 0.4) is 0 Å². The first kappa shape index (κ1) is 16.8. The van der Waals surface area contributed by atoms with Crippen LogP contribution in [0.2, 0.25) is 4.34 Å². The minimum absolute atomic E-state index is 0.164. The highest BCUT2D eigenvalue weighted by Crippen LogP contribution is 2.27. The first-order valence-corrected chi connectivity index (χ1v) is 9.35. The Bertz CT molecular complexity index is 1070. The highest BCUT2D eigenvalue weighted by molar-refractivity contribution is 7.18. The highest BCUT2D eigenvalue weighted by atomic mass is 35.5. The Morgan fingerprint density at radius 1 is 1.08 bits per heavy atom. The van der Waals surface area contributed by atoms with Gasteiger partial charge in [0, 0.05) is 7.05 Å². The maximum atomic E-state index is 12.7. The molecule has 0 radical (unpaired) electrons. The summed E-state index contributed by atoms with van der Waals surface area (Å²) < 4.78 is 2.61. The smallest absolute Gasteiger partial charge is 0.262 e. The number of halogens is 1. The molecule has 2 aromatic carbocycles. The molecule has 0 saturated heterocycles. The lowest BCUT2D eigenvalue weighted by molar-refractivity contribution is 0.0945. The van der Waals surface area contributed by atoms with Crippen molar-refractivity contribution in [2.45, 2.75) is 6.04 Å². The quantitative estimate of drug-likeness (QED) is 0.551. The number of imidazole rings is 1. The van der Waals surface area contributed by atoms with E-state index in [0.717, 1.165) is 22.4 Å². The van der Waals surface area contributed by atoms with E-state index >= 15 is 0 Å². The fourth-order valence-corrected chi connectivity index (χ4v) is 3.95. The lowest BCUT2D eigenvalue weighted by Crippen LogP contribution is -2.30. The largest absolute Gasteiger partial charge is 0.337 e. The third kappa shape index (κ3) is 3.11. The van der Waals surface area contributed by atoms with E-state index in [0.29, 0.717) is 9.21 Å². The van der Waals surface area contributed by atoms with Gasteiger partial charge in [0.1, 0.15) is 11.9 Å². The predicted octanol–water partition coefficient (Wildman–Crippen LogP) is 4.81. The van der Waals surface area contributed by atoms with Gasteiger partial charge in [-0.15, -0.1) is 11.3 Å². The number of hydrogen-bond donors (Lipinski definition) is 1. The number of nitrogens with one attached hydrogen (secondary N) is 1. The Morgan fingerprint density at radius 2 is 1.81 bits per heavy atom. The van der Waals surface area contributed by atoms with E-state index in [1.54, 1.807) is 12.1 Å². The number of carbonyl (C=O) groups excluding carboxylic acids is 1. The Kier molecular flexibility index (Phi) is 4.49. The van der Waals surface area contributed by atoms with Crippen LogP contribution in [0.15, 0.2) is 66.7 Å². The third-order valence-electron chi connectivity index (χ3n) is 4.29. The number of rotatable bonds is 4. The summed E-state index contributed by atoms with van der Waals surface area (Å²) in [6.45, 7) is 0. The molecule has 1 amide bonds. The van der Waals surface area contributed by atoms with Crippen molar-refractivity contribution in [2.24, 2.45) is 7.05 Å². The van der Waals surface area contributed by atoms with E-state index in [9.17, 15) is 4.79 Å². The Morgan fingerprint density at radius 3 is 2.50 bits per heavy atom. The molecule has 1 unspecified atom stereocenters. The van der Waals surface area contributed by atoms with Gasteiger partial charge in [-0.05, 0) is 29.8 Å². The molecule has 0 aliphatic carbocycles. The van der Waals surface area contributed by atoms with Crippen LogP contribution in [0.1, 0.15) is 27.1 Å². The van der Waals surface area contributed by atoms with Crippen LogP contribution in [0.25, 0.3) is 11.0 Å². The molecule has 6 heteroatoms. The zero-order valence-corrected chi connectivity index (χ0v) is 15.6. The van der Waals surface area contributed by atoms with Gasteiger partial charge in [-0.1, -0.05) is 54.1 Å². The molecule has 2 heterocycles. The van der Waals surface area contributed by atoms with Crippen molar-refractivity contribution in [1.82, 2.24) is 14.9 Å². The van der Waals surface area contributed by atoms with Gasteiger partial charge in [0.25, 0.3) is 5.91 Å². The molecule has 0 fully saturated rings. The molecule has 130 valence electrons.